The molecule has 2 heterocycles. The molecular weight excluding hydrogens is 517 g/mol. The van der Waals surface area contributed by atoms with Gasteiger partial charge in [0.1, 0.15) is 0 Å². The minimum atomic E-state index is 0. The lowest BCUT2D eigenvalue weighted by molar-refractivity contribution is -0.131. The van der Waals surface area contributed by atoms with Crippen LogP contribution in [-0.4, -0.2) is 66.5 Å². The van der Waals surface area contributed by atoms with Gasteiger partial charge in [0.2, 0.25) is 11.9 Å². The number of nitrogens with zero attached hydrogens (tertiary/aromatic N) is 5. The Kier molecular flexibility index (Phi) is 10.1. The molecule has 1 amide bonds. The molecule has 1 aliphatic rings. The SMILES string of the molecule is CN=C(NCCC(=O)N1CCN(c2ncccn2)CC1)NCc1cccc(Cl)c1.I. The molecule has 1 aliphatic heterocycles. The molecule has 0 saturated carbocycles. The number of nitrogens with one attached hydrogen (secondary N) is 2. The number of guanidine groups is 1. The molecule has 1 aromatic carbocycles. The third-order valence-electron chi connectivity index (χ3n) is 4.67. The second kappa shape index (κ2) is 12.5. The first kappa shape index (κ1) is 24.1. The van der Waals surface area contributed by atoms with E-state index in [4.69, 9.17) is 11.6 Å². The second-order valence-electron chi connectivity index (χ2n) is 6.65. The van der Waals surface area contributed by atoms with E-state index < -0.39 is 0 Å². The molecule has 0 radical (unpaired) electrons. The Hall–Kier alpha value is -2.14. The van der Waals surface area contributed by atoms with E-state index >= 15 is 0 Å². The normalized spacial score (nSPS) is 14.1. The molecule has 8 nitrogen and oxygen atoms in total. The summed E-state index contributed by atoms with van der Waals surface area (Å²) in [5.41, 5.74) is 1.07. The number of amides is 1. The second-order valence-corrected chi connectivity index (χ2v) is 7.09. The van der Waals surface area contributed by atoms with E-state index in [1.165, 1.54) is 0 Å². The minimum absolute atomic E-state index is 0. The molecule has 1 aromatic heterocycles. The molecule has 3 rings (SSSR count). The third-order valence-corrected chi connectivity index (χ3v) is 4.91. The summed E-state index contributed by atoms with van der Waals surface area (Å²) in [5, 5.41) is 7.12. The third kappa shape index (κ3) is 7.28. The average molecular weight is 544 g/mol. The first-order chi connectivity index (χ1) is 14.2. The number of hydrogen-bond donors (Lipinski definition) is 2. The summed E-state index contributed by atoms with van der Waals surface area (Å²) < 4.78 is 0. The smallest absolute Gasteiger partial charge is 0.225 e. The molecule has 0 unspecified atom stereocenters. The Morgan fingerprint density at radius 1 is 1.13 bits per heavy atom. The van der Waals surface area contributed by atoms with E-state index in [0.717, 1.165) is 24.6 Å². The van der Waals surface area contributed by atoms with Crippen molar-refractivity contribution >= 4 is 53.4 Å². The van der Waals surface area contributed by atoms with Gasteiger partial charge in [0.15, 0.2) is 5.96 Å². The van der Waals surface area contributed by atoms with Gasteiger partial charge >= 0.3 is 0 Å². The Bertz CT molecular complexity index is 829. The summed E-state index contributed by atoms with van der Waals surface area (Å²) >= 11 is 6.00. The highest BCUT2D eigenvalue weighted by molar-refractivity contribution is 14.0. The van der Waals surface area contributed by atoms with Crippen LogP contribution in [0.3, 0.4) is 0 Å². The number of halogens is 2. The van der Waals surface area contributed by atoms with E-state index in [2.05, 4.69) is 30.5 Å². The highest BCUT2D eigenvalue weighted by Crippen LogP contribution is 2.11. The lowest BCUT2D eigenvalue weighted by Crippen LogP contribution is -2.50. The molecule has 0 spiro atoms. The molecule has 0 bridgehead atoms. The molecule has 162 valence electrons. The van der Waals surface area contributed by atoms with Crippen molar-refractivity contribution in [3.63, 3.8) is 0 Å². The molecule has 2 aromatic rings. The van der Waals surface area contributed by atoms with Crippen molar-refractivity contribution in [1.82, 2.24) is 25.5 Å². The summed E-state index contributed by atoms with van der Waals surface area (Å²) in [7, 11) is 1.71. The highest BCUT2D eigenvalue weighted by Gasteiger charge is 2.22. The summed E-state index contributed by atoms with van der Waals surface area (Å²) in [6, 6.07) is 9.46. The Balaban J connectivity index is 0.00000320. The lowest BCUT2D eigenvalue weighted by Gasteiger charge is -2.34. The average Bonchev–Trinajstić information content (AvgIpc) is 2.76. The van der Waals surface area contributed by atoms with Gasteiger partial charge in [-0.25, -0.2) is 9.97 Å². The summed E-state index contributed by atoms with van der Waals surface area (Å²) in [5.74, 6) is 1.51. The van der Waals surface area contributed by atoms with E-state index in [1.54, 1.807) is 25.5 Å². The quantitative estimate of drug-likeness (QED) is 0.330. The van der Waals surface area contributed by atoms with E-state index in [-0.39, 0.29) is 29.9 Å². The predicted octanol–water partition coefficient (Wildman–Crippen LogP) is 2.15. The molecule has 0 aliphatic carbocycles. The van der Waals surface area contributed by atoms with Crippen LogP contribution in [0.2, 0.25) is 5.02 Å². The van der Waals surface area contributed by atoms with Gasteiger partial charge in [-0.15, -0.1) is 24.0 Å². The van der Waals surface area contributed by atoms with E-state index in [9.17, 15) is 4.79 Å². The summed E-state index contributed by atoms with van der Waals surface area (Å²) in [6.07, 6.45) is 3.89. The lowest BCUT2D eigenvalue weighted by atomic mass is 10.2. The van der Waals surface area contributed by atoms with Gasteiger partial charge in [0.25, 0.3) is 0 Å². The Morgan fingerprint density at radius 2 is 1.87 bits per heavy atom. The Morgan fingerprint density at radius 3 is 2.53 bits per heavy atom. The molecule has 2 N–H and O–H groups in total. The number of hydrogen-bond acceptors (Lipinski definition) is 5. The van der Waals surface area contributed by atoms with Crippen molar-refractivity contribution in [2.45, 2.75) is 13.0 Å². The van der Waals surface area contributed by atoms with Gasteiger partial charge in [-0.1, -0.05) is 23.7 Å². The number of benzene rings is 1. The van der Waals surface area contributed by atoms with Crippen molar-refractivity contribution in [2.24, 2.45) is 4.99 Å². The summed E-state index contributed by atoms with van der Waals surface area (Å²) in [6.45, 7) is 3.98. The number of anilines is 1. The van der Waals surface area contributed by atoms with Crippen LogP contribution in [0.1, 0.15) is 12.0 Å². The zero-order valence-corrected chi connectivity index (χ0v) is 20.0. The maximum Gasteiger partial charge on any atom is 0.225 e. The van der Waals surface area contributed by atoms with Crippen molar-refractivity contribution in [3.8, 4) is 0 Å². The van der Waals surface area contributed by atoms with Gasteiger partial charge in [0, 0.05) is 70.2 Å². The molecule has 1 fully saturated rings. The van der Waals surface area contributed by atoms with Crippen LogP contribution in [-0.2, 0) is 11.3 Å². The van der Waals surface area contributed by atoms with Crippen LogP contribution in [0.15, 0.2) is 47.7 Å². The maximum absolute atomic E-state index is 12.5. The van der Waals surface area contributed by atoms with Gasteiger partial charge < -0.3 is 20.4 Å². The molecule has 0 atom stereocenters. The molecule has 10 heteroatoms. The fraction of sp³-hybridized carbons (Fsp3) is 0.400. The maximum atomic E-state index is 12.5. The fourth-order valence-electron chi connectivity index (χ4n) is 3.11. The largest absolute Gasteiger partial charge is 0.356 e. The topological polar surface area (TPSA) is 85.8 Å². The monoisotopic (exact) mass is 543 g/mol. The van der Waals surface area contributed by atoms with Crippen molar-refractivity contribution in [1.29, 1.82) is 0 Å². The van der Waals surface area contributed by atoms with Gasteiger partial charge in [-0.2, -0.15) is 0 Å². The van der Waals surface area contributed by atoms with Gasteiger partial charge in [-0.05, 0) is 23.8 Å². The van der Waals surface area contributed by atoms with Crippen LogP contribution in [0, 0.1) is 0 Å². The van der Waals surface area contributed by atoms with Crippen LogP contribution in [0.25, 0.3) is 0 Å². The summed E-state index contributed by atoms with van der Waals surface area (Å²) in [4.78, 5) is 29.2. The molecule has 30 heavy (non-hydrogen) atoms. The number of aliphatic imine (C=N–C) groups is 1. The number of carbonyl (C=O) groups excluding carboxylic acids is 1. The standard InChI is InChI=1S/C20H26ClN7O.HI/c1-22-19(26-15-16-4-2-5-17(21)14-16)23-9-6-18(29)27-10-12-28(13-11-27)20-24-7-3-8-25-20;/h2-5,7-8,14H,6,9-13,15H2,1H3,(H2,22,23,26);1H. The zero-order chi connectivity index (χ0) is 20.5. The minimum Gasteiger partial charge on any atom is -0.356 e. The fourth-order valence-corrected chi connectivity index (χ4v) is 3.32. The highest BCUT2D eigenvalue weighted by atomic mass is 127. The van der Waals surface area contributed by atoms with Gasteiger partial charge in [-0.3, -0.25) is 9.79 Å². The molecular formula is C20H27ClIN7O. The van der Waals surface area contributed by atoms with E-state index in [1.807, 2.05) is 29.2 Å². The van der Waals surface area contributed by atoms with Crippen LogP contribution in [0.5, 0.6) is 0 Å². The van der Waals surface area contributed by atoms with Crippen LogP contribution in [0.4, 0.5) is 5.95 Å². The van der Waals surface area contributed by atoms with Crippen molar-refractivity contribution < 1.29 is 4.79 Å². The molecule has 1 saturated heterocycles. The number of rotatable bonds is 6. The van der Waals surface area contributed by atoms with Crippen LogP contribution >= 0.6 is 35.6 Å². The van der Waals surface area contributed by atoms with Crippen molar-refractivity contribution in [2.75, 3.05) is 44.7 Å². The van der Waals surface area contributed by atoms with Crippen molar-refractivity contribution in [3.05, 3.63) is 53.3 Å². The van der Waals surface area contributed by atoms with E-state index in [0.29, 0.717) is 43.6 Å². The number of piperazine rings is 1. The van der Waals surface area contributed by atoms with Crippen LogP contribution < -0.4 is 15.5 Å². The first-order valence-electron chi connectivity index (χ1n) is 9.64. The number of carbonyl (C=O) groups is 1. The van der Waals surface area contributed by atoms with Gasteiger partial charge in [0.05, 0.1) is 0 Å². The zero-order valence-electron chi connectivity index (χ0n) is 16.9. The number of aromatic nitrogens is 2. The Labute approximate surface area is 199 Å². The first-order valence-corrected chi connectivity index (χ1v) is 10.0. The predicted molar refractivity (Wildman–Crippen MR) is 131 cm³/mol.